The number of ether oxygens (including phenoxy) is 1. The van der Waals surface area contributed by atoms with Gasteiger partial charge in [-0.05, 0) is 44.1 Å². The number of fused-ring (bicyclic) bond motifs is 2. The minimum Gasteiger partial charge on any atom is -0.451 e. The summed E-state index contributed by atoms with van der Waals surface area (Å²) in [5.74, 6) is -0.531. The van der Waals surface area contributed by atoms with Crippen LogP contribution >= 0.6 is 11.3 Å². The molecule has 0 aliphatic carbocycles. The lowest BCUT2D eigenvalue weighted by Crippen LogP contribution is -2.27. The number of rotatable bonds is 6. The molecule has 1 saturated heterocycles. The summed E-state index contributed by atoms with van der Waals surface area (Å²) in [6, 6.07) is 8.40. The molecule has 0 unspecified atom stereocenters. The van der Waals surface area contributed by atoms with Crippen molar-refractivity contribution in [1.82, 2.24) is 19.7 Å². The zero-order valence-corrected chi connectivity index (χ0v) is 19.4. The van der Waals surface area contributed by atoms with Gasteiger partial charge in [-0.25, -0.2) is 4.39 Å². The van der Waals surface area contributed by atoms with Crippen LogP contribution < -0.4 is 20.8 Å². The molecule has 9 nitrogen and oxygen atoms in total. The van der Waals surface area contributed by atoms with Gasteiger partial charge in [0, 0.05) is 19.3 Å². The molecular formula is C24H21FN6O3S. The predicted molar refractivity (Wildman–Crippen MR) is 132 cm³/mol. The Kier molecular flexibility index (Phi) is 5.42. The summed E-state index contributed by atoms with van der Waals surface area (Å²) in [7, 11) is 0. The third-order valence-electron chi connectivity index (χ3n) is 6.29. The van der Waals surface area contributed by atoms with E-state index in [0.29, 0.717) is 23.5 Å². The fraction of sp³-hybridized carbons (Fsp3) is 0.250. The van der Waals surface area contributed by atoms with Crippen molar-refractivity contribution in [2.24, 2.45) is 0 Å². The molecule has 0 spiro atoms. The van der Waals surface area contributed by atoms with Crippen molar-refractivity contribution in [2.45, 2.75) is 12.8 Å². The monoisotopic (exact) mass is 492 g/mol. The molecule has 0 bridgehead atoms. The Morgan fingerprint density at radius 3 is 2.86 bits per heavy atom. The number of aromatic nitrogens is 3. The van der Waals surface area contributed by atoms with Gasteiger partial charge in [-0.15, -0.1) is 10.2 Å². The Labute approximate surface area is 203 Å². The van der Waals surface area contributed by atoms with Crippen LogP contribution in [0.4, 0.5) is 15.2 Å². The molecule has 2 aromatic heterocycles. The van der Waals surface area contributed by atoms with Crippen LogP contribution in [0.15, 0.2) is 46.8 Å². The van der Waals surface area contributed by atoms with Crippen LogP contribution in [0.1, 0.15) is 23.2 Å². The summed E-state index contributed by atoms with van der Waals surface area (Å²) in [5.41, 5.74) is 2.00. The second kappa shape index (κ2) is 8.75. The van der Waals surface area contributed by atoms with Crippen molar-refractivity contribution in [1.29, 1.82) is 0 Å². The lowest BCUT2D eigenvalue weighted by molar-refractivity contribution is 0.102. The summed E-state index contributed by atoms with van der Waals surface area (Å²) in [4.78, 5) is 28.6. The summed E-state index contributed by atoms with van der Waals surface area (Å²) in [5, 5.41) is 13.6. The van der Waals surface area contributed by atoms with Gasteiger partial charge in [0.1, 0.15) is 22.3 Å². The van der Waals surface area contributed by atoms with E-state index in [-0.39, 0.29) is 27.5 Å². The molecule has 2 aromatic carbocycles. The number of benzene rings is 2. The van der Waals surface area contributed by atoms with Crippen LogP contribution in [0.2, 0.25) is 0 Å². The highest BCUT2D eigenvalue weighted by molar-refractivity contribution is 7.13. The van der Waals surface area contributed by atoms with Gasteiger partial charge in [-0.1, -0.05) is 23.5 Å². The lowest BCUT2D eigenvalue weighted by atomic mass is 10.1. The quantitative estimate of drug-likeness (QED) is 0.371. The number of anilines is 2. The molecule has 2 N–H and O–H groups in total. The van der Waals surface area contributed by atoms with Gasteiger partial charge in [0.2, 0.25) is 10.6 Å². The van der Waals surface area contributed by atoms with E-state index in [2.05, 4.69) is 25.7 Å². The Morgan fingerprint density at radius 2 is 2.06 bits per heavy atom. The van der Waals surface area contributed by atoms with Crippen molar-refractivity contribution >= 4 is 39.0 Å². The van der Waals surface area contributed by atoms with E-state index in [0.717, 1.165) is 31.0 Å². The van der Waals surface area contributed by atoms with Gasteiger partial charge in [0.15, 0.2) is 17.3 Å². The van der Waals surface area contributed by atoms with E-state index >= 15 is 4.39 Å². The standard InChI is InChI=1S/C24H21FN6O3S/c25-16-11-14-20-22(19(16)26-7-10-30-8-3-4-9-30)34-18-6-2-1-5-17(18)31(20)12-15(21(14)32)23(33)28-24-29-27-13-35-24/h1-2,5-6,11-13,26H,3-4,7-10H2,(H,28,29,33). The predicted octanol–water partition coefficient (Wildman–Crippen LogP) is 3.85. The SMILES string of the molecule is O=C(Nc1nncs1)c1cn2c3c(c(NCCN4CCCC4)c(F)cc3c1=O)Oc1ccccc1-2. The highest BCUT2D eigenvalue weighted by atomic mass is 32.1. The Hall–Kier alpha value is -3.83. The topological polar surface area (TPSA) is 101 Å². The fourth-order valence-electron chi connectivity index (χ4n) is 4.63. The van der Waals surface area contributed by atoms with Crippen LogP contribution in [0.5, 0.6) is 11.5 Å². The highest BCUT2D eigenvalue weighted by Crippen LogP contribution is 2.45. The van der Waals surface area contributed by atoms with Crippen LogP contribution in [-0.4, -0.2) is 51.8 Å². The third-order valence-corrected chi connectivity index (χ3v) is 6.89. The molecule has 4 heterocycles. The Bertz CT molecular complexity index is 1500. The Balaban J connectivity index is 1.47. The highest BCUT2D eigenvalue weighted by Gasteiger charge is 2.28. The summed E-state index contributed by atoms with van der Waals surface area (Å²) in [6.07, 6.45) is 3.82. The maximum Gasteiger partial charge on any atom is 0.262 e. The summed E-state index contributed by atoms with van der Waals surface area (Å²) in [6.45, 7) is 3.40. The number of carbonyl (C=O) groups is 1. The summed E-state index contributed by atoms with van der Waals surface area (Å²) < 4.78 is 23.2. The van der Waals surface area contributed by atoms with Gasteiger partial charge in [0.05, 0.1) is 11.1 Å². The van der Waals surface area contributed by atoms with Gasteiger partial charge in [0.25, 0.3) is 5.91 Å². The maximum absolute atomic E-state index is 15.4. The lowest BCUT2D eigenvalue weighted by Gasteiger charge is -2.26. The van der Waals surface area contributed by atoms with E-state index in [1.54, 1.807) is 10.6 Å². The number of carbonyl (C=O) groups excluding carboxylic acids is 1. The number of nitrogens with one attached hydrogen (secondary N) is 2. The van der Waals surface area contributed by atoms with E-state index < -0.39 is 17.2 Å². The first-order valence-corrected chi connectivity index (χ1v) is 12.2. The second-order valence-corrected chi connectivity index (χ2v) is 9.28. The van der Waals surface area contributed by atoms with Crippen LogP contribution in [0.25, 0.3) is 16.6 Å². The molecule has 35 heavy (non-hydrogen) atoms. The Morgan fingerprint density at radius 1 is 1.23 bits per heavy atom. The fourth-order valence-corrected chi connectivity index (χ4v) is 5.07. The molecule has 6 rings (SSSR count). The second-order valence-electron chi connectivity index (χ2n) is 8.44. The third kappa shape index (κ3) is 3.82. The number of amides is 1. The van der Waals surface area contributed by atoms with Gasteiger partial charge in [-0.2, -0.15) is 0 Å². The largest absolute Gasteiger partial charge is 0.451 e. The molecule has 0 radical (unpaired) electrons. The van der Waals surface area contributed by atoms with Gasteiger partial charge in [-0.3, -0.25) is 14.9 Å². The molecule has 1 amide bonds. The number of hydrogen-bond acceptors (Lipinski definition) is 8. The molecule has 1 fully saturated rings. The molecule has 11 heteroatoms. The first-order chi connectivity index (χ1) is 17.1. The maximum atomic E-state index is 15.4. The minimum atomic E-state index is -0.642. The van der Waals surface area contributed by atoms with Crippen molar-refractivity contribution in [3.8, 4) is 17.2 Å². The smallest absolute Gasteiger partial charge is 0.262 e. The van der Waals surface area contributed by atoms with Crippen molar-refractivity contribution in [2.75, 3.05) is 36.8 Å². The number of para-hydroxylation sites is 2. The normalized spacial score (nSPS) is 14.5. The zero-order valence-electron chi connectivity index (χ0n) is 18.6. The number of nitrogens with zero attached hydrogens (tertiary/aromatic N) is 4. The van der Waals surface area contributed by atoms with Gasteiger partial charge >= 0.3 is 0 Å². The van der Waals surface area contributed by atoms with E-state index in [1.165, 1.54) is 30.6 Å². The molecular weight excluding hydrogens is 471 g/mol. The number of halogens is 1. The van der Waals surface area contributed by atoms with Crippen LogP contribution in [0, 0.1) is 5.82 Å². The molecule has 0 saturated carbocycles. The molecule has 2 aliphatic rings. The first kappa shape index (κ1) is 21.7. The van der Waals surface area contributed by atoms with Crippen molar-refractivity contribution in [3.05, 3.63) is 63.6 Å². The van der Waals surface area contributed by atoms with Crippen LogP contribution in [0.3, 0.4) is 0 Å². The molecule has 4 aromatic rings. The van der Waals surface area contributed by atoms with Crippen molar-refractivity contribution in [3.63, 3.8) is 0 Å². The zero-order chi connectivity index (χ0) is 23.9. The van der Waals surface area contributed by atoms with Gasteiger partial charge < -0.3 is 19.5 Å². The van der Waals surface area contributed by atoms with Crippen molar-refractivity contribution < 1.29 is 13.9 Å². The molecule has 2 aliphatic heterocycles. The average Bonchev–Trinajstić information content (AvgIpc) is 3.57. The number of likely N-dealkylation sites (tertiary alicyclic amines) is 1. The molecule has 178 valence electrons. The number of pyridine rings is 1. The number of hydrogen-bond donors (Lipinski definition) is 2. The van der Waals surface area contributed by atoms with E-state index in [4.69, 9.17) is 4.74 Å². The summed E-state index contributed by atoms with van der Waals surface area (Å²) >= 11 is 1.13. The van der Waals surface area contributed by atoms with Crippen LogP contribution in [-0.2, 0) is 0 Å². The minimum absolute atomic E-state index is 0.0574. The average molecular weight is 493 g/mol. The van der Waals surface area contributed by atoms with E-state index in [1.807, 2.05) is 18.2 Å². The van der Waals surface area contributed by atoms with E-state index in [9.17, 15) is 9.59 Å². The first-order valence-electron chi connectivity index (χ1n) is 11.3. The molecule has 0 atom stereocenters.